The Kier molecular flexibility index (Phi) is 2.40. The van der Waals surface area contributed by atoms with Crippen molar-refractivity contribution >= 4 is 16.4 Å². The minimum absolute atomic E-state index is 0.327. The zero-order chi connectivity index (χ0) is 12.5. The van der Waals surface area contributed by atoms with Gasteiger partial charge in [-0.1, -0.05) is 18.2 Å². The van der Waals surface area contributed by atoms with Gasteiger partial charge in [0.25, 0.3) is 5.56 Å². The molecule has 0 atom stereocenters. The maximum absolute atomic E-state index is 11.7. The van der Waals surface area contributed by atoms with Crippen LogP contribution in [-0.2, 0) is 0 Å². The largest absolute Gasteiger partial charge is 0.476 e. The lowest BCUT2D eigenvalue weighted by molar-refractivity contribution is 0.325. The van der Waals surface area contributed by atoms with Gasteiger partial charge in [-0.05, 0) is 13.0 Å². The zero-order valence-corrected chi connectivity index (χ0v) is 9.70. The van der Waals surface area contributed by atoms with E-state index in [2.05, 4.69) is 15.3 Å². The summed E-state index contributed by atoms with van der Waals surface area (Å²) >= 11 is 0. The van der Waals surface area contributed by atoms with Crippen molar-refractivity contribution in [2.75, 3.05) is 6.61 Å². The minimum Gasteiger partial charge on any atom is -0.476 e. The van der Waals surface area contributed by atoms with E-state index in [9.17, 15) is 4.79 Å². The lowest BCUT2D eigenvalue weighted by Crippen LogP contribution is -2.18. The van der Waals surface area contributed by atoms with Crippen molar-refractivity contribution in [2.24, 2.45) is 0 Å². The number of aromatic nitrogens is 4. The number of benzene rings is 1. The predicted molar refractivity (Wildman–Crippen MR) is 65.7 cm³/mol. The topological polar surface area (TPSA) is 69.4 Å². The third kappa shape index (κ3) is 1.50. The first-order valence-electron chi connectivity index (χ1n) is 5.57. The lowest BCUT2D eigenvalue weighted by atomic mass is 10.2. The van der Waals surface area contributed by atoms with Crippen LogP contribution in [0.15, 0.2) is 35.3 Å². The van der Waals surface area contributed by atoms with Crippen molar-refractivity contribution in [1.29, 1.82) is 0 Å². The quantitative estimate of drug-likeness (QED) is 0.628. The standard InChI is InChI=1S/C12H10N4O2/c1-2-18-12-9-6-4-3-5-8(9)11-14-13-7-10(17)16(11)15-12/h3-7H,2H2,1H3. The fraction of sp³-hybridized carbons (Fsp3) is 0.167. The molecule has 1 aromatic carbocycles. The van der Waals surface area contributed by atoms with Gasteiger partial charge in [-0.15, -0.1) is 10.2 Å². The van der Waals surface area contributed by atoms with E-state index in [1.54, 1.807) is 0 Å². The van der Waals surface area contributed by atoms with Crippen LogP contribution < -0.4 is 10.3 Å². The molecule has 6 nitrogen and oxygen atoms in total. The molecule has 90 valence electrons. The van der Waals surface area contributed by atoms with Gasteiger partial charge in [-0.25, -0.2) is 0 Å². The van der Waals surface area contributed by atoms with Gasteiger partial charge in [0, 0.05) is 10.8 Å². The molecule has 0 saturated carbocycles. The Labute approximate surface area is 102 Å². The molecule has 0 amide bonds. The van der Waals surface area contributed by atoms with Crippen LogP contribution in [0.4, 0.5) is 0 Å². The smallest absolute Gasteiger partial charge is 0.293 e. The van der Waals surface area contributed by atoms with E-state index >= 15 is 0 Å². The summed E-state index contributed by atoms with van der Waals surface area (Å²) in [6.45, 7) is 2.35. The fourth-order valence-corrected chi connectivity index (χ4v) is 1.85. The second-order valence-corrected chi connectivity index (χ2v) is 3.70. The van der Waals surface area contributed by atoms with E-state index in [4.69, 9.17) is 4.74 Å². The van der Waals surface area contributed by atoms with Crippen LogP contribution in [-0.4, -0.2) is 26.4 Å². The van der Waals surface area contributed by atoms with Crippen LogP contribution in [0.5, 0.6) is 5.88 Å². The third-order valence-electron chi connectivity index (χ3n) is 2.60. The highest BCUT2D eigenvalue weighted by molar-refractivity contribution is 5.96. The molecule has 3 rings (SSSR count). The average Bonchev–Trinajstić information content (AvgIpc) is 2.40. The zero-order valence-electron chi connectivity index (χ0n) is 9.70. The molecule has 0 bridgehead atoms. The van der Waals surface area contributed by atoms with Crippen LogP contribution in [0.1, 0.15) is 6.92 Å². The van der Waals surface area contributed by atoms with Gasteiger partial charge in [-0.2, -0.15) is 9.61 Å². The summed E-state index contributed by atoms with van der Waals surface area (Å²) in [5, 5.41) is 13.4. The number of hydrogen-bond donors (Lipinski definition) is 0. The Morgan fingerprint density at radius 2 is 2.06 bits per heavy atom. The van der Waals surface area contributed by atoms with Crippen LogP contribution in [0, 0.1) is 0 Å². The Morgan fingerprint density at radius 1 is 1.28 bits per heavy atom. The molecular weight excluding hydrogens is 232 g/mol. The van der Waals surface area contributed by atoms with Gasteiger partial charge in [0.05, 0.1) is 6.61 Å². The summed E-state index contributed by atoms with van der Waals surface area (Å²) in [6, 6.07) is 7.50. The summed E-state index contributed by atoms with van der Waals surface area (Å²) in [5.41, 5.74) is 0.105. The van der Waals surface area contributed by atoms with Crippen molar-refractivity contribution < 1.29 is 4.74 Å². The maximum Gasteiger partial charge on any atom is 0.293 e. The molecule has 0 N–H and O–H groups in total. The van der Waals surface area contributed by atoms with E-state index in [1.165, 1.54) is 4.52 Å². The van der Waals surface area contributed by atoms with Gasteiger partial charge >= 0.3 is 0 Å². The lowest BCUT2D eigenvalue weighted by Gasteiger charge is -2.08. The van der Waals surface area contributed by atoms with E-state index < -0.39 is 0 Å². The van der Waals surface area contributed by atoms with Gasteiger partial charge in [-0.3, -0.25) is 4.79 Å². The molecule has 0 aliphatic heterocycles. The average molecular weight is 242 g/mol. The number of fused-ring (bicyclic) bond motifs is 3. The second kappa shape index (κ2) is 4.06. The van der Waals surface area contributed by atoms with E-state index in [0.29, 0.717) is 18.1 Å². The molecule has 2 aromatic heterocycles. The molecule has 0 spiro atoms. The van der Waals surface area contributed by atoms with Crippen LogP contribution in [0.2, 0.25) is 0 Å². The maximum atomic E-state index is 11.7. The summed E-state index contributed by atoms with van der Waals surface area (Å²) in [6.07, 6.45) is 1.13. The summed E-state index contributed by atoms with van der Waals surface area (Å²) in [7, 11) is 0. The Bertz CT molecular complexity index is 782. The van der Waals surface area contributed by atoms with Gasteiger partial charge < -0.3 is 4.74 Å². The molecule has 6 heteroatoms. The van der Waals surface area contributed by atoms with Crippen molar-refractivity contribution in [3.8, 4) is 5.88 Å². The molecule has 3 aromatic rings. The van der Waals surface area contributed by atoms with Gasteiger partial charge in [0.15, 0.2) is 5.65 Å². The Morgan fingerprint density at radius 3 is 2.83 bits per heavy atom. The number of hydrogen-bond acceptors (Lipinski definition) is 5. The summed E-state index contributed by atoms with van der Waals surface area (Å²) in [4.78, 5) is 11.7. The molecule has 0 aliphatic carbocycles. The SMILES string of the molecule is CCOc1nn2c(=O)cnnc2c2ccccc12. The summed E-state index contributed by atoms with van der Waals surface area (Å²) < 4.78 is 6.67. The number of nitrogens with zero attached hydrogens (tertiary/aromatic N) is 4. The van der Waals surface area contributed by atoms with Crippen molar-refractivity contribution in [3.63, 3.8) is 0 Å². The number of ether oxygens (including phenoxy) is 1. The highest BCUT2D eigenvalue weighted by atomic mass is 16.5. The third-order valence-corrected chi connectivity index (χ3v) is 2.60. The predicted octanol–water partition coefficient (Wildman–Crippen LogP) is 1.04. The minimum atomic E-state index is -0.327. The van der Waals surface area contributed by atoms with Crippen LogP contribution in [0.25, 0.3) is 16.4 Å². The molecule has 0 saturated heterocycles. The monoisotopic (exact) mass is 242 g/mol. The number of rotatable bonds is 2. The first-order valence-corrected chi connectivity index (χ1v) is 5.57. The van der Waals surface area contributed by atoms with E-state index in [0.717, 1.165) is 17.0 Å². The van der Waals surface area contributed by atoms with Crippen LogP contribution >= 0.6 is 0 Å². The molecule has 0 fully saturated rings. The fourth-order valence-electron chi connectivity index (χ4n) is 1.85. The molecule has 0 radical (unpaired) electrons. The molecule has 18 heavy (non-hydrogen) atoms. The van der Waals surface area contributed by atoms with Crippen LogP contribution in [0.3, 0.4) is 0 Å². The molecule has 0 aliphatic rings. The first-order chi connectivity index (χ1) is 8.81. The molecule has 0 unspecified atom stereocenters. The first kappa shape index (κ1) is 10.6. The van der Waals surface area contributed by atoms with Gasteiger partial charge in [0.2, 0.25) is 5.88 Å². The van der Waals surface area contributed by atoms with Crippen molar-refractivity contribution in [3.05, 3.63) is 40.8 Å². The van der Waals surface area contributed by atoms with Gasteiger partial charge in [0.1, 0.15) is 6.20 Å². The second-order valence-electron chi connectivity index (χ2n) is 3.70. The molecule has 2 heterocycles. The van der Waals surface area contributed by atoms with E-state index in [-0.39, 0.29) is 5.56 Å². The normalized spacial score (nSPS) is 10.9. The highest BCUT2D eigenvalue weighted by Crippen LogP contribution is 2.24. The summed E-state index contributed by atoms with van der Waals surface area (Å²) in [5.74, 6) is 0.427. The van der Waals surface area contributed by atoms with E-state index in [1.807, 2.05) is 31.2 Å². The molecular formula is C12H10N4O2. The Balaban J connectivity index is 2.53. The highest BCUT2D eigenvalue weighted by Gasteiger charge is 2.10. The Hall–Kier alpha value is -2.50. The van der Waals surface area contributed by atoms with Crippen molar-refractivity contribution in [1.82, 2.24) is 19.8 Å². The van der Waals surface area contributed by atoms with Crippen molar-refractivity contribution in [2.45, 2.75) is 6.92 Å².